The summed E-state index contributed by atoms with van der Waals surface area (Å²) in [5, 5.41) is 11.7. The second-order valence-corrected chi connectivity index (χ2v) is 4.52. The molecule has 0 bridgehead atoms. The highest BCUT2D eigenvalue weighted by atomic mass is 32.1. The van der Waals surface area contributed by atoms with Gasteiger partial charge in [0.1, 0.15) is 0 Å². The van der Waals surface area contributed by atoms with E-state index in [1.54, 1.807) is 11.3 Å². The zero-order valence-electron chi connectivity index (χ0n) is 9.06. The molecule has 1 N–H and O–H groups in total. The van der Waals surface area contributed by atoms with Gasteiger partial charge in [-0.15, -0.1) is 11.3 Å². The second kappa shape index (κ2) is 5.82. The van der Waals surface area contributed by atoms with Crippen LogP contribution in [-0.4, -0.2) is 34.0 Å². The largest absolute Gasteiger partial charge is 0.480 e. The van der Waals surface area contributed by atoms with Crippen LogP contribution >= 0.6 is 11.3 Å². The number of aromatic nitrogens is 1. The van der Waals surface area contributed by atoms with Crippen LogP contribution in [0.1, 0.15) is 24.0 Å². The third kappa shape index (κ3) is 4.40. The van der Waals surface area contributed by atoms with Gasteiger partial charge in [-0.3, -0.25) is 9.69 Å². The predicted molar refractivity (Wildman–Crippen MR) is 60.1 cm³/mol. The lowest BCUT2D eigenvalue weighted by atomic mass is 10.3. The maximum atomic E-state index is 10.6. The van der Waals surface area contributed by atoms with Crippen molar-refractivity contribution in [2.45, 2.75) is 26.8 Å². The van der Waals surface area contributed by atoms with E-state index >= 15 is 0 Å². The van der Waals surface area contributed by atoms with Gasteiger partial charge in [0.25, 0.3) is 0 Å². The Balaban J connectivity index is 2.53. The van der Waals surface area contributed by atoms with E-state index in [0.29, 0.717) is 6.54 Å². The summed E-state index contributed by atoms with van der Waals surface area (Å²) in [5.41, 5.74) is 0.965. The van der Waals surface area contributed by atoms with Crippen LogP contribution in [0.5, 0.6) is 0 Å². The van der Waals surface area contributed by atoms with Gasteiger partial charge in [0, 0.05) is 11.9 Å². The molecule has 0 aliphatic heterocycles. The van der Waals surface area contributed by atoms with Crippen molar-refractivity contribution in [3.8, 4) is 0 Å². The Hall–Kier alpha value is -0.940. The second-order valence-electron chi connectivity index (χ2n) is 3.46. The predicted octanol–water partition coefficient (Wildman–Crippen LogP) is 1.75. The number of thiazole rings is 1. The van der Waals surface area contributed by atoms with E-state index in [2.05, 4.69) is 4.98 Å². The van der Waals surface area contributed by atoms with Gasteiger partial charge in [0.15, 0.2) is 0 Å². The summed E-state index contributed by atoms with van der Waals surface area (Å²) in [6.07, 6.45) is 0.955. The number of carbonyl (C=O) groups is 1. The van der Waals surface area contributed by atoms with Crippen molar-refractivity contribution >= 4 is 17.3 Å². The van der Waals surface area contributed by atoms with Gasteiger partial charge in [-0.25, -0.2) is 4.98 Å². The van der Waals surface area contributed by atoms with Crippen LogP contribution in [0.25, 0.3) is 0 Å². The van der Waals surface area contributed by atoms with Crippen LogP contribution in [0, 0.1) is 6.92 Å². The normalized spacial score (nSPS) is 10.9. The first-order valence-electron chi connectivity index (χ1n) is 4.97. The summed E-state index contributed by atoms with van der Waals surface area (Å²) in [7, 11) is 0. The van der Waals surface area contributed by atoms with Crippen molar-refractivity contribution in [1.29, 1.82) is 0 Å². The third-order valence-corrected chi connectivity index (χ3v) is 2.77. The molecule has 0 unspecified atom stereocenters. The van der Waals surface area contributed by atoms with Crippen LogP contribution in [0.3, 0.4) is 0 Å². The fourth-order valence-corrected chi connectivity index (χ4v) is 2.04. The number of hydrogen-bond donors (Lipinski definition) is 1. The van der Waals surface area contributed by atoms with Crippen molar-refractivity contribution in [3.63, 3.8) is 0 Å². The fourth-order valence-electron chi connectivity index (χ4n) is 1.43. The SMILES string of the molecule is CCCN(CC(=O)O)Cc1csc(C)n1. The van der Waals surface area contributed by atoms with Gasteiger partial charge in [0.2, 0.25) is 0 Å². The van der Waals surface area contributed by atoms with Crippen molar-refractivity contribution in [3.05, 3.63) is 16.1 Å². The number of nitrogens with zero attached hydrogens (tertiary/aromatic N) is 2. The van der Waals surface area contributed by atoms with E-state index in [0.717, 1.165) is 23.7 Å². The van der Waals surface area contributed by atoms with E-state index < -0.39 is 5.97 Å². The molecule has 0 fully saturated rings. The molecule has 0 saturated heterocycles. The molecule has 0 aromatic carbocycles. The van der Waals surface area contributed by atoms with Gasteiger partial charge in [-0.1, -0.05) is 6.92 Å². The molecule has 1 rings (SSSR count). The molecule has 0 radical (unpaired) electrons. The number of hydrogen-bond acceptors (Lipinski definition) is 4. The van der Waals surface area contributed by atoms with Crippen LogP contribution in [0.2, 0.25) is 0 Å². The van der Waals surface area contributed by atoms with Crippen molar-refractivity contribution in [2.75, 3.05) is 13.1 Å². The lowest BCUT2D eigenvalue weighted by molar-refractivity contribution is -0.138. The molecule has 0 amide bonds. The maximum Gasteiger partial charge on any atom is 0.317 e. The zero-order valence-corrected chi connectivity index (χ0v) is 9.88. The molecule has 0 atom stereocenters. The summed E-state index contributed by atoms with van der Waals surface area (Å²) in [6, 6.07) is 0. The average Bonchev–Trinajstić information content (AvgIpc) is 2.50. The zero-order chi connectivity index (χ0) is 11.3. The Kier molecular flexibility index (Phi) is 4.71. The maximum absolute atomic E-state index is 10.6. The Labute approximate surface area is 93.6 Å². The third-order valence-electron chi connectivity index (χ3n) is 1.95. The fraction of sp³-hybridized carbons (Fsp3) is 0.600. The molecule has 1 heterocycles. The molecule has 5 heteroatoms. The number of carboxylic acid groups (broad SMARTS) is 1. The minimum atomic E-state index is -0.782. The summed E-state index contributed by atoms with van der Waals surface area (Å²) in [5.74, 6) is -0.782. The van der Waals surface area contributed by atoms with E-state index in [4.69, 9.17) is 5.11 Å². The van der Waals surface area contributed by atoms with Gasteiger partial charge in [-0.05, 0) is 19.9 Å². The quantitative estimate of drug-likeness (QED) is 0.806. The van der Waals surface area contributed by atoms with E-state index in [-0.39, 0.29) is 6.54 Å². The molecule has 0 aliphatic carbocycles. The van der Waals surface area contributed by atoms with Crippen molar-refractivity contribution < 1.29 is 9.90 Å². The standard InChI is InChI=1S/C10H16N2O2S/c1-3-4-12(6-10(13)14)5-9-7-15-8(2)11-9/h7H,3-6H2,1-2H3,(H,13,14). The Bertz CT molecular complexity index is 325. The van der Waals surface area contributed by atoms with Crippen molar-refractivity contribution in [1.82, 2.24) is 9.88 Å². The smallest absolute Gasteiger partial charge is 0.317 e. The van der Waals surface area contributed by atoms with Gasteiger partial charge in [-0.2, -0.15) is 0 Å². The highest BCUT2D eigenvalue weighted by Crippen LogP contribution is 2.10. The molecule has 0 spiro atoms. The lowest BCUT2D eigenvalue weighted by Crippen LogP contribution is -2.30. The van der Waals surface area contributed by atoms with E-state index in [1.165, 1.54) is 0 Å². The Morgan fingerprint density at radius 2 is 2.40 bits per heavy atom. The first-order chi connectivity index (χ1) is 7.11. The van der Waals surface area contributed by atoms with Crippen LogP contribution in [0.4, 0.5) is 0 Å². The van der Waals surface area contributed by atoms with Crippen LogP contribution in [0.15, 0.2) is 5.38 Å². The lowest BCUT2D eigenvalue weighted by Gasteiger charge is -2.17. The Morgan fingerprint density at radius 1 is 1.67 bits per heavy atom. The minimum Gasteiger partial charge on any atom is -0.480 e. The number of aliphatic carboxylic acids is 1. The molecule has 15 heavy (non-hydrogen) atoms. The molecule has 1 aromatic rings. The molecule has 0 saturated carbocycles. The molecule has 84 valence electrons. The van der Waals surface area contributed by atoms with E-state index in [1.807, 2.05) is 24.1 Å². The summed E-state index contributed by atoms with van der Waals surface area (Å²) in [6.45, 7) is 5.51. The molecule has 1 aromatic heterocycles. The Morgan fingerprint density at radius 3 is 2.87 bits per heavy atom. The first-order valence-corrected chi connectivity index (χ1v) is 5.85. The van der Waals surface area contributed by atoms with E-state index in [9.17, 15) is 4.79 Å². The average molecular weight is 228 g/mol. The number of aryl methyl sites for hydroxylation is 1. The van der Waals surface area contributed by atoms with Gasteiger partial charge >= 0.3 is 5.97 Å². The highest BCUT2D eigenvalue weighted by Gasteiger charge is 2.10. The highest BCUT2D eigenvalue weighted by molar-refractivity contribution is 7.09. The number of carboxylic acids is 1. The summed E-state index contributed by atoms with van der Waals surface area (Å²) in [4.78, 5) is 16.8. The van der Waals surface area contributed by atoms with Gasteiger partial charge in [0.05, 0.1) is 17.2 Å². The molecule has 4 nitrogen and oxygen atoms in total. The number of rotatable bonds is 6. The van der Waals surface area contributed by atoms with Crippen LogP contribution < -0.4 is 0 Å². The summed E-state index contributed by atoms with van der Waals surface area (Å²) >= 11 is 1.60. The molecular weight excluding hydrogens is 212 g/mol. The molecular formula is C10H16N2O2S. The van der Waals surface area contributed by atoms with Crippen LogP contribution in [-0.2, 0) is 11.3 Å². The van der Waals surface area contributed by atoms with Crippen molar-refractivity contribution in [2.24, 2.45) is 0 Å². The monoisotopic (exact) mass is 228 g/mol. The molecule has 0 aliphatic rings. The first kappa shape index (κ1) is 12.1. The van der Waals surface area contributed by atoms with Gasteiger partial charge < -0.3 is 5.11 Å². The topological polar surface area (TPSA) is 53.4 Å². The summed E-state index contributed by atoms with van der Waals surface area (Å²) < 4.78 is 0. The minimum absolute atomic E-state index is 0.0877.